The summed E-state index contributed by atoms with van der Waals surface area (Å²) in [5.74, 6) is 0.510. The van der Waals surface area contributed by atoms with E-state index < -0.39 is 0 Å². The summed E-state index contributed by atoms with van der Waals surface area (Å²) in [4.78, 5) is 10.8. The van der Waals surface area contributed by atoms with Crippen LogP contribution in [0.15, 0.2) is 24.3 Å². The van der Waals surface area contributed by atoms with Gasteiger partial charge in [-0.25, -0.2) is 0 Å². The topological polar surface area (TPSA) is 55.1 Å². The molecule has 0 spiro atoms. The third kappa shape index (κ3) is 4.27. The molecule has 19 heavy (non-hydrogen) atoms. The van der Waals surface area contributed by atoms with E-state index in [0.29, 0.717) is 12.5 Å². The molecule has 1 aromatic rings. The number of rotatable bonds is 5. The van der Waals surface area contributed by atoms with Gasteiger partial charge in [0.25, 0.3) is 0 Å². The summed E-state index contributed by atoms with van der Waals surface area (Å²) in [7, 11) is 0. The van der Waals surface area contributed by atoms with E-state index in [9.17, 15) is 4.79 Å². The van der Waals surface area contributed by atoms with Gasteiger partial charge in [-0.3, -0.25) is 4.79 Å². The quantitative estimate of drug-likeness (QED) is 0.854. The van der Waals surface area contributed by atoms with Gasteiger partial charge in [0.15, 0.2) is 0 Å². The van der Waals surface area contributed by atoms with Crippen molar-refractivity contribution >= 4 is 11.6 Å². The van der Waals surface area contributed by atoms with Crippen molar-refractivity contribution in [1.82, 2.24) is 0 Å². The second kappa shape index (κ2) is 6.60. The van der Waals surface area contributed by atoms with Gasteiger partial charge in [-0.2, -0.15) is 0 Å². The van der Waals surface area contributed by atoms with Crippen molar-refractivity contribution in [3.63, 3.8) is 0 Å². The number of hydrogen-bond donors (Lipinski definition) is 2. The molecule has 104 valence electrons. The van der Waals surface area contributed by atoms with Crippen LogP contribution in [0.1, 0.15) is 44.6 Å². The summed E-state index contributed by atoms with van der Waals surface area (Å²) in [5, 5.41) is 3.58. The minimum absolute atomic E-state index is 0.281. The summed E-state index contributed by atoms with van der Waals surface area (Å²) < 4.78 is 0. The number of hydrogen-bond acceptors (Lipinski definition) is 2. The molecule has 0 aromatic heterocycles. The fraction of sp³-hybridized carbons (Fsp3) is 0.562. The van der Waals surface area contributed by atoms with Gasteiger partial charge in [-0.05, 0) is 43.4 Å². The van der Waals surface area contributed by atoms with Gasteiger partial charge in [0.05, 0.1) is 6.42 Å². The molecule has 0 saturated heterocycles. The van der Waals surface area contributed by atoms with Crippen LogP contribution in [-0.2, 0) is 11.2 Å². The first-order valence-corrected chi connectivity index (χ1v) is 7.29. The third-order valence-electron chi connectivity index (χ3n) is 4.08. The lowest BCUT2D eigenvalue weighted by molar-refractivity contribution is -0.117. The fourth-order valence-electron chi connectivity index (χ4n) is 2.93. The van der Waals surface area contributed by atoms with Crippen LogP contribution in [0.4, 0.5) is 5.69 Å². The Kier molecular flexibility index (Phi) is 4.83. The molecule has 0 bridgehead atoms. The minimum Gasteiger partial charge on any atom is -0.382 e. The van der Waals surface area contributed by atoms with Crippen molar-refractivity contribution in [2.45, 2.75) is 51.5 Å². The van der Waals surface area contributed by atoms with E-state index in [-0.39, 0.29) is 5.91 Å². The Balaban J connectivity index is 1.89. The number of benzene rings is 1. The summed E-state index contributed by atoms with van der Waals surface area (Å²) in [6.07, 6.45) is 7.13. The predicted octanol–water partition coefficient (Wildman–Crippen LogP) is 3.10. The SMILES string of the molecule is CC(Nc1ccc(CC(N)=O)cc1)C1CCCCC1. The Hall–Kier alpha value is -1.51. The first-order chi connectivity index (χ1) is 9.15. The molecule has 3 N–H and O–H groups in total. The summed E-state index contributed by atoms with van der Waals surface area (Å²) in [6, 6.07) is 8.54. The highest BCUT2D eigenvalue weighted by Gasteiger charge is 2.19. The Labute approximate surface area is 115 Å². The van der Waals surface area contributed by atoms with E-state index in [1.807, 2.05) is 24.3 Å². The number of anilines is 1. The summed E-state index contributed by atoms with van der Waals surface area (Å²) in [6.45, 7) is 2.27. The molecule has 1 saturated carbocycles. The zero-order valence-electron chi connectivity index (χ0n) is 11.7. The van der Waals surface area contributed by atoms with E-state index >= 15 is 0 Å². The molecule has 1 aliphatic carbocycles. The van der Waals surface area contributed by atoms with Crippen molar-refractivity contribution in [3.8, 4) is 0 Å². The fourth-order valence-corrected chi connectivity index (χ4v) is 2.93. The van der Waals surface area contributed by atoms with E-state index in [1.165, 1.54) is 32.1 Å². The Morgan fingerprint density at radius 1 is 1.26 bits per heavy atom. The lowest BCUT2D eigenvalue weighted by Gasteiger charge is -2.29. The highest BCUT2D eigenvalue weighted by molar-refractivity contribution is 5.76. The maximum atomic E-state index is 10.8. The van der Waals surface area contributed by atoms with Crippen molar-refractivity contribution in [3.05, 3.63) is 29.8 Å². The molecule has 3 nitrogen and oxygen atoms in total. The standard InChI is InChI=1S/C16H24N2O/c1-12(14-5-3-2-4-6-14)18-15-9-7-13(8-10-15)11-16(17)19/h7-10,12,14,18H,2-6,11H2,1H3,(H2,17,19). The van der Waals surface area contributed by atoms with Crippen molar-refractivity contribution in [2.75, 3.05) is 5.32 Å². The number of amides is 1. The van der Waals surface area contributed by atoms with E-state index in [0.717, 1.165) is 17.2 Å². The van der Waals surface area contributed by atoms with Crippen molar-refractivity contribution < 1.29 is 4.79 Å². The van der Waals surface area contributed by atoms with Crippen LogP contribution in [-0.4, -0.2) is 11.9 Å². The van der Waals surface area contributed by atoms with Crippen LogP contribution in [0.3, 0.4) is 0 Å². The normalized spacial score (nSPS) is 17.9. The van der Waals surface area contributed by atoms with Crippen LogP contribution < -0.4 is 11.1 Å². The van der Waals surface area contributed by atoms with Crippen LogP contribution >= 0.6 is 0 Å². The molecule has 1 aromatic carbocycles. The monoisotopic (exact) mass is 260 g/mol. The zero-order valence-corrected chi connectivity index (χ0v) is 11.7. The second-order valence-electron chi connectivity index (χ2n) is 5.67. The van der Waals surface area contributed by atoms with Crippen LogP contribution in [0.5, 0.6) is 0 Å². The molecule has 2 rings (SSSR count). The first-order valence-electron chi connectivity index (χ1n) is 7.29. The van der Waals surface area contributed by atoms with Gasteiger partial charge in [0.2, 0.25) is 5.91 Å². The van der Waals surface area contributed by atoms with Crippen molar-refractivity contribution in [2.24, 2.45) is 11.7 Å². The zero-order chi connectivity index (χ0) is 13.7. The lowest BCUT2D eigenvalue weighted by Crippen LogP contribution is -2.27. The third-order valence-corrected chi connectivity index (χ3v) is 4.08. The average molecular weight is 260 g/mol. The molecular formula is C16H24N2O. The van der Waals surface area contributed by atoms with Crippen molar-refractivity contribution in [1.29, 1.82) is 0 Å². The Bertz CT molecular complexity index is 407. The van der Waals surface area contributed by atoms with Gasteiger partial charge >= 0.3 is 0 Å². The second-order valence-corrected chi connectivity index (χ2v) is 5.67. The maximum Gasteiger partial charge on any atom is 0.221 e. The number of nitrogens with one attached hydrogen (secondary N) is 1. The van der Waals surface area contributed by atoms with Gasteiger partial charge in [0, 0.05) is 11.7 Å². The maximum absolute atomic E-state index is 10.8. The average Bonchev–Trinajstić information content (AvgIpc) is 2.41. The molecule has 0 radical (unpaired) electrons. The van der Waals surface area contributed by atoms with Gasteiger partial charge in [-0.15, -0.1) is 0 Å². The Morgan fingerprint density at radius 2 is 1.89 bits per heavy atom. The van der Waals surface area contributed by atoms with Crippen LogP contribution in [0.2, 0.25) is 0 Å². The largest absolute Gasteiger partial charge is 0.382 e. The smallest absolute Gasteiger partial charge is 0.221 e. The molecule has 1 fully saturated rings. The molecule has 1 amide bonds. The Morgan fingerprint density at radius 3 is 2.47 bits per heavy atom. The predicted molar refractivity (Wildman–Crippen MR) is 79.0 cm³/mol. The highest BCUT2D eigenvalue weighted by atomic mass is 16.1. The molecule has 1 aliphatic rings. The first kappa shape index (κ1) is 13.9. The summed E-state index contributed by atoms with van der Waals surface area (Å²) in [5.41, 5.74) is 7.29. The van der Waals surface area contributed by atoms with E-state index in [4.69, 9.17) is 5.73 Å². The van der Waals surface area contributed by atoms with Crippen LogP contribution in [0.25, 0.3) is 0 Å². The lowest BCUT2D eigenvalue weighted by atomic mass is 9.84. The van der Waals surface area contributed by atoms with Crippen LogP contribution in [0, 0.1) is 5.92 Å². The van der Waals surface area contributed by atoms with Gasteiger partial charge in [-0.1, -0.05) is 31.4 Å². The molecule has 1 atom stereocenters. The van der Waals surface area contributed by atoms with E-state index in [2.05, 4.69) is 12.2 Å². The minimum atomic E-state index is -0.281. The molecule has 1 unspecified atom stereocenters. The molecular weight excluding hydrogens is 236 g/mol. The van der Waals surface area contributed by atoms with Gasteiger partial charge < -0.3 is 11.1 Å². The van der Waals surface area contributed by atoms with Gasteiger partial charge in [0.1, 0.15) is 0 Å². The van der Waals surface area contributed by atoms with E-state index in [1.54, 1.807) is 0 Å². The highest BCUT2D eigenvalue weighted by Crippen LogP contribution is 2.28. The number of carbonyl (C=O) groups is 1. The molecule has 3 heteroatoms. The summed E-state index contributed by atoms with van der Waals surface area (Å²) >= 11 is 0. The molecule has 0 heterocycles. The number of carbonyl (C=O) groups excluding carboxylic acids is 1. The molecule has 0 aliphatic heterocycles. The number of nitrogens with two attached hydrogens (primary N) is 1. The number of primary amides is 1.